The van der Waals surface area contributed by atoms with Crippen LogP contribution in [-0.2, 0) is 6.42 Å². The average Bonchev–Trinajstić information content (AvgIpc) is 2.26. The van der Waals surface area contributed by atoms with Gasteiger partial charge in [-0.05, 0) is 55.5 Å². The van der Waals surface area contributed by atoms with Crippen LogP contribution in [0.5, 0.6) is 5.75 Å². The van der Waals surface area contributed by atoms with Gasteiger partial charge in [-0.2, -0.15) is 0 Å². The van der Waals surface area contributed by atoms with E-state index in [2.05, 4.69) is 18.2 Å². The summed E-state index contributed by atoms with van der Waals surface area (Å²) in [4.78, 5) is 0. The number of nitrogens with two attached hydrogens (primary N) is 1. The van der Waals surface area contributed by atoms with Crippen molar-refractivity contribution < 1.29 is 4.74 Å². The Morgan fingerprint density at radius 2 is 2.06 bits per heavy atom. The zero-order valence-electron chi connectivity index (χ0n) is 10.2. The predicted molar refractivity (Wildman–Crippen MR) is 67.6 cm³/mol. The van der Waals surface area contributed by atoms with E-state index in [9.17, 15) is 0 Å². The largest absolute Gasteiger partial charge is 0.497 e. The molecule has 0 spiro atoms. The van der Waals surface area contributed by atoms with Gasteiger partial charge in [0, 0.05) is 5.54 Å². The molecule has 2 heteroatoms. The minimum atomic E-state index is -0.290. The van der Waals surface area contributed by atoms with Gasteiger partial charge in [0.15, 0.2) is 0 Å². The van der Waals surface area contributed by atoms with Crippen molar-refractivity contribution in [3.8, 4) is 5.75 Å². The Bertz CT molecular complexity index is 427. The van der Waals surface area contributed by atoms with Crippen LogP contribution in [0.4, 0.5) is 0 Å². The van der Waals surface area contributed by atoms with Crippen molar-refractivity contribution >= 4 is 5.57 Å². The van der Waals surface area contributed by atoms with Gasteiger partial charge in [-0.25, -0.2) is 0 Å². The van der Waals surface area contributed by atoms with Crippen LogP contribution in [0.15, 0.2) is 24.3 Å². The fourth-order valence-corrected chi connectivity index (χ4v) is 2.24. The highest BCUT2D eigenvalue weighted by Crippen LogP contribution is 2.34. The second kappa shape index (κ2) is 3.95. The van der Waals surface area contributed by atoms with E-state index in [1.807, 2.05) is 19.9 Å². The van der Waals surface area contributed by atoms with Crippen molar-refractivity contribution in [2.24, 2.45) is 5.73 Å². The highest BCUT2D eigenvalue weighted by Gasteiger charge is 2.23. The van der Waals surface area contributed by atoms with Gasteiger partial charge in [0.05, 0.1) is 7.11 Å². The van der Waals surface area contributed by atoms with Gasteiger partial charge in [-0.15, -0.1) is 0 Å². The van der Waals surface area contributed by atoms with E-state index in [4.69, 9.17) is 10.5 Å². The lowest BCUT2D eigenvalue weighted by Gasteiger charge is -2.28. The zero-order valence-corrected chi connectivity index (χ0v) is 10.2. The normalized spacial score (nSPS) is 15.4. The molecule has 0 bridgehead atoms. The summed E-state index contributed by atoms with van der Waals surface area (Å²) in [5.41, 5.74) is 9.77. The van der Waals surface area contributed by atoms with E-state index in [1.165, 1.54) is 16.7 Å². The lowest BCUT2D eigenvalue weighted by Crippen LogP contribution is -2.34. The molecule has 0 saturated carbocycles. The van der Waals surface area contributed by atoms with Gasteiger partial charge in [-0.1, -0.05) is 12.1 Å². The Balaban J connectivity index is 2.51. The third-order valence-electron chi connectivity index (χ3n) is 3.06. The van der Waals surface area contributed by atoms with Crippen molar-refractivity contribution in [3.63, 3.8) is 0 Å². The molecule has 2 nitrogen and oxygen atoms in total. The molecule has 86 valence electrons. The summed E-state index contributed by atoms with van der Waals surface area (Å²) < 4.78 is 5.27. The molecular formula is C14H19NO. The second-order valence-electron chi connectivity index (χ2n) is 4.90. The van der Waals surface area contributed by atoms with Crippen LogP contribution in [0.2, 0.25) is 0 Å². The molecule has 2 rings (SSSR count). The molecule has 0 saturated heterocycles. The smallest absolute Gasteiger partial charge is 0.119 e. The van der Waals surface area contributed by atoms with E-state index < -0.39 is 0 Å². The van der Waals surface area contributed by atoms with E-state index >= 15 is 0 Å². The SMILES string of the molecule is COc1ccc2c(c1)C(C(C)(C)N)=CCC2. The summed E-state index contributed by atoms with van der Waals surface area (Å²) in [6.07, 6.45) is 4.43. The number of rotatable bonds is 2. The molecule has 0 unspecified atom stereocenters. The van der Waals surface area contributed by atoms with Crippen LogP contribution < -0.4 is 10.5 Å². The Morgan fingerprint density at radius 1 is 1.31 bits per heavy atom. The number of fused-ring (bicyclic) bond motifs is 1. The summed E-state index contributed by atoms with van der Waals surface area (Å²) in [5.74, 6) is 0.899. The fraction of sp³-hybridized carbons (Fsp3) is 0.429. The molecule has 0 amide bonds. The third kappa shape index (κ3) is 1.98. The summed E-state index contributed by atoms with van der Waals surface area (Å²) in [6.45, 7) is 4.10. The molecule has 1 aromatic rings. The minimum absolute atomic E-state index is 0.290. The Labute approximate surface area is 97.1 Å². The molecule has 2 N–H and O–H groups in total. The van der Waals surface area contributed by atoms with Gasteiger partial charge in [-0.3, -0.25) is 0 Å². The predicted octanol–water partition coefficient (Wildman–Crippen LogP) is 2.76. The zero-order chi connectivity index (χ0) is 11.8. The Kier molecular flexibility index (Phi) is 2.76. The number of hydrogen-bond donors (Lipinski definition) is 1. The lowest BCUT2D eigenvalue weighted by molar-refractivity contribution is 0.414. The van der Waals surface area contributed by atoms with Gasteiger partial charge in [0.1, 0.15) is 5.75 Å². The molecule has 0 heterocycles. The van der Waals surface area contributed by atoms with Crippen LogP contribution >= 0.6 is 0 Å². The maximum atomic E-state index is 6.21. The number of allylic oxidation sites excluding steroid dienone is 1. The third-order valence-corrected chi connectivity index (χ3v) is 3.06. The van der Waals surface area contributed by atoms with Crippen molar-refractivity contribution in [1.29, 1.82) is 0 Å². The van der Waals surface area contributed by atoms with Crippen molar-refractivity contribution in [2.75, 3.05) is 7.11 Å². The molecule has 1 aliphatic carbocycles. The summed E-state index contributed by atoms with van der Waals surface area (Å²) in [6, 6.07) is 6.26. The van der Waals surface area contributed by atoms with Gasteiger partial charge in [0.2, 0.25) is 0 Å². The van der Waals surface area contributed by atoms with Gasteiger partial charge in [0.25, 0.3) is 0 Å². The quantitative estimate of drug-likeness (QED) is 0.826. The maximum absolute atomic E-state index is 6.21. The molecule has 0 aromatic heterocycles. The van der Waals surface area contributed by atoms with Crippen LogP contribution in [0.25, 0.3) is 5.57 Å². The van der Waals surface area contributed by atoms with Crippen LogP contribution in [-0.4, -0.2) is 12.6 Å². The summed E-state index contributed by atoms with van der Waals surface area (Å²) in [7, 11) is 1.70. The molecule has 0 atom stereocenters. The second-order valence-corrected chi connectivity index (χ2v) is 4.90. The van der Waals surface area contributed by atoms with Crippen LogP contribution in [0, 0.1) is 0 Å². The van der Waals surface area contributed by atoms with E-state index in [-0.39, 0.29) is 5.54 Å². The Hall–Kier alpha value is -1.28. The molecule has 0 radical (unpaired) electrons. The first-order valence-electron chi connectivity index (χ1n) is 5.69. The molecular weight excluding hydrogens is 198 g/mol. The first-order valence-corrected chi connectivity index (χ1v) is 5.69. The highest BCUT2D eigenvalue weighted by molar-refractivity contribution is 5.76. The van der Waals surface area contributed by atoms with Crippen molar-refractivity contribution in [2.45, 2.75) is 32.2 Å². The molecule has 1 aliphatic rings. The molecule has 0 fully saturated rings. The van der Waals surface area contributed by atoms with Crippen LogP contribution in [0.3, 0.4) is 0 Å². The van der Waals surface area contributed by atoms with Crippen molar-refractivity contribution in [3.05, 3.63) is 35.4 Å². The number of aryl methyl sites for hydroxylation is 1. The molecule has 16 heavy (non-hydrogen) atoms. The van der Waals surface area contributed by atoms with Gasteiger partial charge >= 0.3 is 0 Å². The number of benzene rings is 1. The van der Waals surface area contributed by atoms with E-state index in [0.29, 0.717) is 0 Å². The number of methoxy groups -OCH3 is 1. The monoisotopic (exact) mass is 217 g/mol. The molecule has 1 aromatic carbocycles. The van der Waals surface area contributed by atoms with Gasteiger partial charge < -0.3 is 10.5 Å². The maximum Gasteiger partial charge on any atom is 0.119 e. The minimum Gasteiger partial charge on any atom is -0.497 e. The first kappa shape index (κ1) is 11.2. The Morgan fingerprint density at radius 3 is 2.69 bits per heavy atom. The van der Waals surface area contributed by atoms with Crippen LogP contribution in [0.1, 0.15) is 31.4 Å². The highest BCUT2D eigenvalue weighted by atomic mass is 16.5. The molecule has 0 aliphatic heterocycles. The van der Waals surface area contributed by atoms with E-state index in [1.54, 1.807) is 7.11 Å². The topological polar surface area (TPSA) is 35.2 Å². The fourth-order valence-electron chi connectivity index (χ4n) is 2.24. The average molecular weight is 217 g/mol. The lowest BCUT2D eigenvalue weighted by atomic mass is 9.81. The first-order chi connectivity index (χ1) is 7.52. The standard InChI is InChI=1S/C14H19NO/c1-14(2,15)13-6-4-5-10-7-8-11(16-3)9-12(10)13/h6-9H,4-5,15H2,1-3H3. The number of ether oxygens (including phenoxy) is 1. The summed E-state index contributed by atoms with van der Waals surface area (Å²) >= 11 is 0. The summed E-state index contributed by atoms with van der Waals surface area (Å²) in [5, 5.41) is 0. The number of hydrogen-bond acceptors (Lipinski definition) is 2. The van der Waals surface area contributed by atoms with Crippen molar-refractivity contribution in [1.82, 2.24) is 0 Å². The van der Waals surface area contributed by atoms with E-state index in [0.717, 1.165) is 18.6 Å².